The Kier molecular flexibility index (Phi) is 19.6. The van der Waals surface area contributed by atoms with Gasteiger partial charge in [-0.25, -0.2) is 0 Å². The number of rotatable bonds is 30. The van der Waals surface area contributed by atoms with Crippen LogP contribution in [0.4, 0.5) is 0 Å². The van der Waals surface area contributed by atoms with E-state index >= 15 is 0 Å². The van der Waals surface area contributed by atoms with Gasteiger partial charge in [0.25, 0.3) is 0 Å². The van der Waals surface area contributed by atoms with Gasteiger partial charge in [-0.2, -0.15) is 0 Å². The lowest BCUT2D eigenvalue weighted by Gasteiger charge is -2.36. The fourth-order valence-corrected chi connectivity index (χ4v) is 13.4. The lowest BCUT2D eigenvalue weighted by molar-refractivity contribution is 0.389. The van der Waals surface area contributed by atoms with E-state index in [1.807, 2.05) is 0 Å². The van der Waals surface area contributed by atoms with Crippen LogP contribution in [0.25, 0.3) is 0 Å². The van der Waals surface area contributed by atoms with Crippen molar-refractivity contribution in [2.24, 2.45) is 0 Å². The second kappa shape index (κ2) is 25.6. The summed E-state index contributed by atoms with van der Waals surface area (Å²) < 4.78 is 13.9. The summed E-state index contributed by atoms with van der Waals surface area (Å²) in [5.41, 5.74) is 4.16. The van der Waals surface area contributed by atoms with Gasteiger partial charge in [-0.3, -0.25) is 0 Å². The minimum atomic E-state index is -0.757. The third kappa shape index (κ3) is 13.9. The standard InChI is InChI=1S/C55H74O2P2/c1-3-5-7-9-11-13-15-17-27-45-55(46-28-18-16-14-12-10-8-6-4-2,47-37-41-49(42-38-47)56-58(51-29-19-20-30-51)52-31-21-22-32-52)48-39-43-50(44-40-48)57-59(53-33-23-24-34-53)54-35-25-26-36-54/h19-26,29-44,51-54H,3-18,27-28,45-46H2,1-2H3. The van der Waals surface area contributed by atoms with Crippen molar-refractivity contribution in [2.45, 2.75) is 170 Å². The maximum absolute atomic E-state index is 6.94. The van der Waals surface area contributed by atoms with Crippen molar-refractivity contribution in [3.05, 3.63) is 157 Å². The Balaban J connectivity index is 1.23. The van der Waals surface area contributed by atoms with Crippen LogP contribution in [0.1, 0.15) is 153 Å². The van der Waals surface area contributed by atoms with Crippen molar-refractivity contribution in [3.8, 4) is 11.5 Å². The Morgan fingerprint density at radius 2 is 0.610 bits per heavy atom. The zero-order chi connectivity index (χ0) is 40.8. The maximum Gasteiger partial charge on any atom is 0.123 e. The van der Waals surface area contributed by atoms with Crippen LogP contribution in [0, 0.1) is 0 Å². The number of benzene rings is 2. The van der Waals surface area contributed by atoms with Crippen LogP contribution in [-0.2, 0) is 5.41 Å². The van der Waals surface area contributed by atoms with Crippen LogP contribution >= 0.6 is 16.3 Å². The Hall–Kier alpha value is -3.18. The van der Waals surface area contributed by atoms with Crippen LogP contribution in [0.3, 0.4) is 0 Å². The average Bonchev–Trinajstić information content (AvgIpc) is 4.13. The molecule has 0 heterocycles. The van der Waals surface area contributed by atoms with Crippen LogP contribution in [0.15, 0.2) is 146 Å². The third-order valence-electron chi connectivity index (χ3n) is 12.7. The smallest absolute Gasteiger partial charge is 0.123 e. The molecule has 0 unspecified atom stereocenters. The SMILES string of the molecule is CCCCCCCCCCCC(CCCCCCCCCCC)(c1ccc(OP(C2C=CC=C2)C2C=CC=C2)cc1)c1ccc(OP(C2C=CC=C2)C2C=CC=C2)cc1. The summed E-state index contributed by atoms with van der Waals surface area (Å²) in [6.07, 6.45) is 62.4. The van der Waals surface area contributed by atoms with Crippen molar-refractivity contribution < 1.29 is 9.05 Å². The molecule has 0 bridgehead atoms. The Bertz CT molecular complexity index is 1510. The van der Waals surface area contributed by atoms with Gasteiger partial charge in [-0.1, -0.05) is 251 Å². The molecule has 0 spiro atoms. The van der Waals surface area contributed by atoms with Crippen molar-refractivity contribution in [3.63, 3.8) is 0 Å². The highest BCUT2D eigenvalue weighted by Gasteiger charge is 2.35. The largest absolute Gasteiger partial charge is 0.472 e. The lowest BCUT2D eigenvalue weighted by atomic mass is 9.68. The minimum Gasteiger partial charge on any atom is -0.472 e. The number of allylic oxidation sites excluding steroid dienone is 16. The molecule has 6 rings (SSSR count). The fraction of sp³-hybridized carbons (Fsp3) is 0.491. The van der Waals surface area contributed by atoms with Gasteiger partial charge in [0.1, 0.15) is 27.8 Å². The summed E-state index contributed by atoms with van der Waals surface area (Å²) >= 11 is 0. The Morgan fingerprint density at radius 3 is 0.881 bits per heavy atom. The van der Waals surface area contributed by atoms with Gasteiger partial charge in [0, 0.05) is 5.41 Å². The molecular weight excluding hydrogens is 755 g/mol. The van der Waals surface area contributed by atoms with E-state index in [9.17, 15) is 0 Å². The molecule has 2 aromatic rings. The van der Waals surface area contributed by atoms with Gasteiger partial charge < -0.3 is 9.05 Å². The van der Waals surface area contributed by atoms with E-state index < -0.39 is 16.3 Å². The number of unbranched alkanes of at least 4 members (excludes halogenated alkanes) is 16. The average molecular weight is 829 g/mol. The molecule has 0 aliphatic heterocycles. The molecule has 59 heavy (non-hydrogen) atoms. The monoisotopic (exact) mass is 829 g/mol. The van der Waals surface area contributed by atoms with Crippen molar-refractivity contribution in [1.29, 1.82) is 0 Å². The maximum atomic E-state index is 6.94. The predicted octanol–water partition coefficient (Wildman–Crippen LogP) is 17.3. The highest BCUT2D eigenvalue weighted by Crippen LogP contribution is 2.54. The normalized spacial score (nSPS) is 16.5. The van der Waals surface area contributed by atoms with E-state index in [1.54, 1.807) is 0 Å². The Morgan fingerprint density at radius 1 is 0.356 bits per heavy atom. The van der Waals surface area contributed by atoms with Gasteiger partial charge in [0.05, 0.1) is 22.6 Å². The van der Waals surface area contributed by atoms with Crippen LogP contribution in [-0.4, -0.2) is 22.6 Å². The molecule has 0 fully saturated rings. The van der Waals surface area contributed by atoms with Crippen LogP contribution in [0.2, 0.25) is 0 Å². The van der Waals surface area contributed by atoms with Crippen molar-refractivity contribution in [1.82, 2.24) is 0 Å². The first-order chi connectivity index (χ1) is 29.2. The summed E-state index contributed by atoms with van der Waals surface area (Å²) in [6.45, 7) is 4.62. The Labute approximate surface area is 362 Å². The molecule has 316 valence electrons. The summed E-state index contributed by atoms with van der Waals surface area (Å²) in [7, 11) is -1.51. The quantitative estimate of drug-likeness (QED) is 0.0577. The van der Waals surface area contributed by atoms with E-state index in [4.69, 9.17) is 9.05 Å². The first-order valence-corrected chi connectivity index (χ1v) is 26.5. The summed E-state index contributed by atoms with van der Waals surface area (Å²) in [5, 5.41) is 0. The second-order valence-electron chi connectivity index (χ2n) is 17.2. The number of hydrogen-bond donors (Lipinski definition) is 0. The van der Waals surface area contributed by atoms with E-state index in [-0.39, 0.29) is 5.41 Å². The molecular formula is C55H74O2P2. The fourth-order valence-electron chi connectivity index (χ4n) is 9.26. The molecule has 0 saturated carbocycles. The zero-order valence-corrected chi connectivity index (χ0v) is 38.3. The van der Waals surface area contributed by atoms with Gasteiger partial charge in [-0.15, -0.1) is 0 Å². The lowest BCUT2D eigenvalue weighted by Crippen LogP contribution is -2.28. The highest BCUT2D eigenvalue weighted by molar-refractivity contribution is 7.55. The van der Waals surface area contributed by atoms with Gasteiger partial charge in [0.15, 0.2) is 0 Å². The topological polar surface area (TPSA) is 18.5 Å². The van der Waals surface area contributed by atoms with Gasteiger partial charge in [-0.05, 0) is 48.2 Å². The molecule has 2 nitrogen and oxygen atoms in total. The summed E-state index contributed by atoms with van der Waals surface area (Å²) in [4.78, 5) is 0. The molecule has 0 N–H and O–H groups in total. The highest BCUT2D eigenvalue weighted by atomic mass is 31.1. The predicted molar refractivity (Wildman–Crippen MR) is 261 cm³/mol. The second-order valence-corrected chi connectivity index (χ2v) is 21.4. The van der Waals surface area contributed by atoms with Gasteiger partial charge in [0.2, 0.25) is 0 Å². The molecule has 4 aliphatic carbocycles. The molecule has 4 aliphatic rings. The summed E-state index contributed by atoms with van der Waals surface area (Å²) in [6, 6.07) is 18.8. The van der Waals surface area contributed by atoms with E-state index in [0.717, 1.165) is 11.5 Å². The molecule has 0 radical (unpaired) electrons. The van der Waals surface area contributed by atoms with Crippen molar-refractivity contribution >= 4 is 16.3 Å². The molecule has 0 saturated heterocycles. The van der Waals surface area contributed by atoms with Crippen LogP contribution < -0.4 is 9.05 Å². The molecule has 0 atom stereocenters. The third-order valence-corrected chi connectivity index (χ3v) is 17.3. The molecule has 2 aromatic carbocycles. The number of hydrogen-bond acceptors (Lipinski definition) is 2. The minimum absolute atomic E-state index is 0.0590. The van der Waals surface area contributed by atoms with Gasteiger partial charge >= 0.3 is 0 Å². The van der Waals surface area contributed by atoms with E-state index in [1.165, 1.54) is 140 Å². The van der Waals surface area contributed by atoms with Crippen LogP contribution in [0.5, 0.6) is 11.5 Å². The summed E-state index contributed by atoms with van der Waals surface area (Å²) in [5.74, 6) is 1.98. The molecule has 4 heteroatoms. The van der Waals surface area contributed by atoms with Crippen molar-refractivity contribution in [2.75, 3.05) is 0 Å². The molecule has 0 amide bonds. The van der Waals surface area contributed by atoms with E-state index in [2.05, 4.69) is 160 Å². The zero-order valence-electron chi connectivity index (χ0n) is 36.5. The molecule has 0 aromatic heterocycles. The van der Waals surface area contributed by atoms with E-state index in [0.29, 0.717) is 22.6 Å². The first-order valence-electron chi connectivity index (χ1n) is 23.7. The first kappa shape index (κ1) is 45.3.